The first kappa shape index (κ1) is 14.8. The highest BCUT2D eigenvalue weighted by molar-refractivity contribution is 5.85. The number of allylic oxidation sites excluding steroid dienone is 1. The minimum absolute atomic E-state index is 0.318. The van der Waals surface area contributed by atoms with Crippen LogP contribution < -0.4 is 0 Å². The van der Waals surface area contributed by atoms with Crippen LogP contribution in [0.15, 0.2) is 55.1 Å². The van der Waals surface area contributed by atoms with Gasteiger partial charge in [0.1, 0.15) is 0 Å². The third kappa shape index (κ3) is 4.21. The van der Waals surface area contributed by atoms with Gasteiger partial charge in [-0.05, 0) is 42.5 Å². The van der Waals surface area contributed by atoms with Crippen LogP contribution in [0.25, 0.3) is 10.8 Å². The van der Waals surface area contributed by atoms with E-state index in [4.69, 9.17) is 4.74 Å². The van der Waals surface area contributed by atoms with Crippen LogP contribution in [-0.4, -0.2) is 6.10 Å². The summed E-state index contributed by atoms with van der Waals surface area (Å²) in [5.74, 6) is 0. The summed E-state index contributed by atoms with van der Waals surface area (Å²) >= 11 is 0. The fourth-order valence-electron chi connectivity index (χ4n) is 2.45. The molecular weight excluding hydrogens is 244 g/mol. The molecule has 2 aromatic rings. The Hall–Kier alpha value is -1.60. The number of hydrogen-bond donors (Lipinski definition) is 0. The maximum Gasteiger partial charge on any atom is 0.0726 e. The highest BCUT2D eigenvalue weighted by Gasteiger charge is 2.05. The zero-order chi connectivity index (χ0) is 14.2. The smallest absolute Gasteiger partial charge is 0.0726 e. The van der Waals surface area contributed by atoms with Crippen molar-refractivity contribution in [3.8, 4) is 0 Å². The molecule has 1 unspecified atom stereocenters. The van der Waals surface area contributed by atoms with Crippen molar-refractivity contribution in [3.05, 3.63) is 60.7 Å². The molecule has 1 nitrogen and oxygen atoms in total. The van der Waals surface area contributed by atoms with Gasteiger partial charge in [-0.3, -0.25) is 0 Å². The van der Waals surface area contributed by atoms with Crippen LogP contribution in [0.1, 0.15) is 38.2 Å². The third-order valence-corrected chi connectivity index (χ3v) is 3.67. The molecule has 0 aliphatic carbocycles. The number of hydrogen-bond acceptors (Lipinski definition) is 1. The van der Waals surface area contributed by atoms with Crippen molar-refractivity contribution in [2.24, 2.45) is 0 Å². The van der Waals surface area contributed by atoms with Crippen LogP contribution in [0.5, 0.6) is 0 Å². The molecule has 0 heterocycles. The Labute approximate surface area is 122 Å². The van der Waals surface area contributed by atoms with Gasteiger partial charge in [-0.1, -0.05) is 55.0 Å². The van der Waals surface area contributed by atoms with Gasteiger partial charge in [0.15, 0.2) is 0 Å². The van der Waals surface area contributed by atoms with Crippen molar-refractivity contribution in [1.82, 2.24) is 0 Å². The molecule has 2 aromatic carbocycles. The number of fused-ring (bicyclic) bond motifs is 1. The molecule has 0 amide bonds. The molecule has 106 valence electrons. The fourth-order valence-corrected chi connectivity index (χ4v) is 2.45. The lowest BCUT2D eigenvalue weighted by molar-refractivity contribution is 0.0467. The van der Waals surface area contributed by atoms with Crippen molar-refractivity contribution >= 4 is 10.8 Å². The molecule has 0 spiro atoms. The Kier molecular flexibility index (Phi) is 5.82. The second-order valence-electron chi connectivity index (χ2n) is 5.33. The zero-order valence-electron chi connectivity index (χ0n) is 12.3. The molecule has 0 bridgehead atoms. The first-order valence-electron chi connectivity index (χ1n) is 7.50. The second-order valence-corrected chi connectivity index (χ2v) is 5.33. The summed E-state index contributed by atoms with van der Waals surface area (Å²) in [4.78, 5) is 0. The lowest BCUT2D eigenvalue weighted by Gasteiger charge is -2.14. The Morgan fingerprint density at radius 1 is 1.10 bits per heavy atom. The average molecular weight is 268 g/mol. The van der Waals surface area contributed by atoms with Crippen molar-refractivity contribution in [2.75, 3.05) is 0 Å². The van der Waals surface area contributed by atoms with Gasteiger partial charge in [0, 0.05) is 0 Å². The second kappa shape index (κ2) is 7.86. The summed E-state index contributed by atoms with van der Waals surface area (Å²) < 4.78 is 5.99. The largest absolute Gasteiger partial charge is 0.374 e. The monoisotopic (exact) mass is 268 g/mol. The van der Waals surface area contributed by atoms with Crippen molar-refractivity contribution in [1.29, 1.82) is 0 Å². The number of unbranched alkanes of at least 4 members (excludes halogenated alkanes) is 2. The van der Waals surface area contributed by atoms with Crippen molar-refractivity contribution in [2.45, 2.75) is 45.3 Å². The maximum absolute atomic E-state index is 5.99. The minimum atomic E-state index is 0.318. The highest BCUT2D eigenvalue weighted by atomic mass is 16.5. The van der Waals surface area contributed by atoms with Gasteiger partial charge in [-0.25, -0.2) is 0 Å². The average Bonchev–Trinajstić information content (AvgIpc) is 2.49. The van der Waals surface area contributed by atoms with E-state index in [0.717, 1.165) is 12.8 Å². The Balaban J connectivity index is 1.87. The number of rotatable bonds is 8. The van der Waals surface area contributed by atoms with Gasteiger partial charge in [0.25, 0.3) is 0 Å². The fraction of sp³-hybridized carbons (Fsp3) is 0.368. The standard InChI is InChI=1S/C19H24O/c1-3-4-5-6-10-16(2)20-15-18-13-9-12-17-11-7-8-14-19(17)18/h3,7-9,11-14,16H,1,4-6,10,15H2,2H3. The summed E-state index contributed by atoms with van der Waals surface area (Å²) in [5.41, 5.74) is 1.28. The summed E-state index contributed by atoms with van der Waals surface area (Å²) in [6.07, 6.45) is 6.96. The topological polar surface area (TPSA) is 9.23 Å². The molecule has 2 rings (SSSR count). The first-order valence-corrected chi connectivity index (χ1v) is 7.50. The highest BCUT2D eigenvalue weighted by Crippen LogP contribution is 2.20. The predicted octanol–water partition coefficient (Wildman–Crippen LogP) is 5.49. The van der Waals surface area contributed by atoms with Gasteiger partial charge in [-0.2, -0.15) is 0 Å². The number of benzene rings is 2. The van der Waals surface area contributed by atoms with Gasteiger partial charge >= 0.3 is 0 Å². The molecule has 0 radical (unpaired) electrons. The van der Waals surface area contributed by atoms with Gasteiger partial charge in [0.05, 0.1) is 12.7 Å². The van der Waals surface area contributed by atoms with Crippen LogP contribution in [0, 0.1) is 0 Å². The molecule has 0 N–H and O–H groups in total. The van der Waals surface area contributed by atoms with Gasteiger partial charge in [0.2, 0.25) is 0 Å². The van der Waals surface area contributed by atoms with Gasteiger partial charge < -0.3 is 4.74 Å². The molecule has 20 heavy (non-hydrogen) atoms. The summed E-state index contributed by atoms with van der Waals surface area (Å²) in [6.45, 7) is 6.62. The normalized spacial score (nSPS) is 12.4. The molecule has 0 aliphatic rings. The number of ether oxygens (including phenoxy) is 1. The molecule has 1 heteroatoms. The summed E-state index contributed by atoms with van der Waals surface area (Å²) in [6, 6.07) is 14.9. The predicted molar refractivity (Wildman–Crippen MR) is 86.9 cm³/mol. The quantitative estimate of drug-likeness (QED) is 0.454. The van der Waals surface area contributed by atoms with E-state index < -0.39 is 0 Å². The molecule has 0 saturated heterocycles. The van der Waals surface area contributed by atoms with Crippen LogP contribution in [0.2, 0.25) is 0 Å². The molecule has 0 fully saturated rings. The van der Waals surface area contributed by atoms with Crippen LogP contribution in [-0.2, 0) is 11.3 Å². The van der Waals surface area contributed by atoms with E-state index in [1.54, 1.807) is 0 Å². The minimum Gasteiger partial charge on any atom is -0.374 e. The van der Waals surface area contributed by atoms with Gasteiger partial charge in [-0.15, -0.1) is 6.58 Å². The molecule has 0 saturated carbocycles. The maximum atomic E-state index is 5.99. The van der Waals surface area contributed by atoms with Crippen LogP contribution in [0.3, 0.4) is 0 Å². The molecule has 0 aliphatic heterocycles. The molecule has 0 aromatic heterocycles. The zero-order valence-corrected chi connectivity index (χ0v) is 12.3. The van der Waals surface area contributed by atoms with Crippen molar-refractivity contribution < 1.29 is 4.74 Å². The summed E-state index contributed by atoms with van der Waals surface area (Å²) in [7, 11) is 0. The van der Waals surface area contributed by atoms with E-state index in [1.165, 1.54) is 29.2 Å². The Morgan fingerprint density at radius 2 is 1.90 bits per heavy atom. The van der Waals surface area contributed by atoms with E-state index in [0.29, 0.717) is 12.7 Å². The Bertz CT molecular complexity index is 539. The van der Waals surface area contributed by atoms with E-state index in [2.05, 4.69) is 56.0 Å². The SMILES string of the molecule is C=CCCCCC(C)OCc1cccc2ccccc12. The van der Waals surface area contributed by atoms with E-state index in [1.807, 2.05) is 6.08 Å². The Morgan fingerprint density at radius 3 is 2.75 bits per heavy atom. The lowest BCUT2D eigenvalue weighted by Crippen LogP contribution is -2.08. The first-order chi connectivity index (χ1) is 9.81. The van der Waals surface area contributed by atoms with E-state index in [-0.39, 0.29) is 0 Å². The summed E-state index contributed by atoms with van der Waals surface area (Å²) in [5, 5.41) is 2.58. The van der Waals surface area contributed by atoms with E-state index in [9.17, 15) is 0 Å². The lowest BCUT2D eigenvalue weighted by atomic mass is 10.1. The van der Waals surface area contributed by atoms with Crippen molar-refractivity contribution in [3.63, 3.8) is 0 Å². The van der Waals surface area contributed by atoms with E-state index >= 15 is 0 Å². The third-order valence-electron chi connectivity index (χ3n) is 3.67. The van der Waals surface area contributed by atoms with Crippen LogP contribution >= 0.6 is 0 Å². The van der Waals surface area contributed by atoms with Crippen LogP contribution in [0.4, 0.5) is 0 Å². The molecular formula is C19H24O. The molecule has 1 atom stereocenters.